The molecular weight excluding hydrogens is 451 g/mol. The van der Waals surface area contributed by atoms with E-state index in [1.165, 1.54) is 11.0 Å². The van der Waals surface area contributed by atoms with Crippen molar-refractivity contribution < 1.29 is 27.4 Å². The normalized spacial score (nSPS) is 17.7. The van der Waals surface area contributed by atoms with Gasteiger partial charge in [-0.15, -0.1) is 11.8 Å². The maximum atomic E-state index is 13.7. The number of nitrogens with two attached hydrogens (primary N) is 1. The average Bonchev–Trinajstić information content (AvgIpc) is 2.78. The number of aryl methyl sites for hydroxylation is 2. The second-order valence-corrected chi connectivity index (χ2v) is 9.85. The molecular formula is C25H32F3NO3S. The summed E-state index contributed by atoms with van der Waals surface area (Å²) in [6, 6.07) is 12.4. The number of halogens is 3. The van der Waals surface area contributed by atoms with Crippen LogP contribution in [0.15, 0.2) is 47.4 Å². The Bertz CT molecular complexity index is 906. The summed E-state index contributed by atoms with van der Waals surface area (Å²) >= 11 is 1.67. The molecule has 182 valence electrons. The molecule has 1 aliphatic heterocycles. The average molecular weight is 484 g/mol. The van der Waals surface area contributed by atoms with Gasteiger partial charge in [-0.05, 0) is 81.2 Å². The molecule has 0 aliphatic carbocycles. The fraction of sp³-hybridized carbons (Fsp3) is 0.520. The number of rotatable bonds is 9. The summed E-state index contributed by atoms with van der Waals surface area (Å²) < 4.78 is 57.8. The Labute approximate surface area is 198 Å². The van der Waals surface area contributed by atoms with Gasteiger partial charge in [-0.2, -0.15) is 13.2 Å². The van der Waals surface area contributed by atoms with Crippen LogP contribution in [-0.4, -0.2) is 37.4 Å². The van der Waals surface area contributed by atoms with Crippen molar-refractivity contribution in [1.82, 2.24) is 0 Å². The van der Waals surface area contributed by atoms with E-state index in [4.69, 9.17) is 19.9 Å². The van der Waals surface area contributed by atoms with E-state index in [2.05, 4.69) is 0 Å². The largest absolute Gasteiger partial charge is 0.493 e. The van der Waals surface area contributed by atoms with Gasteiger partial charge in [0.15, 0.2) is 5.79 Å². The van der Waals surface area contributed by atoms with Crippen LogP contribution in [0.3, 0.4) is 0 Å². The van der Waals surface area contributed by atoms with Gasteiger partial charge in [-0.1, -0.05) is 18.2 Å². The summed E-state index contributed by atoms with van der Waals surface area (Å²) in [5, 5.41) is 0. The standard InChI is InChI=1S/C25H32F3NO3S/c1-23(2)31-16-24(29,17-32-23)13-12-19-8-11-22(21(15-19)25(26,27)28)30-14-4-5-18-6-9-20(33-3)10-7-18/h6-11,15H,4-5,12-14,16-17,29H2,1-3H3. The number of thioether (sulfide) groups is 1. The highest BCUT2D eigenvalue weighted by Gasteiger charge is 2.38. The lowest BCUT2D eigenvalue weighted by molar-refractivity contribution is -0.267. The van der Waals surface area contributed by atoms with Crippen LogP contribution in [0.25, 0.3) is 0 Å². The van der Waals surface area contributed by atoms with Gasteiger partial charge in [0.1, 0.15) is 5.75 Å². The van der Waals surface area contributed by atoms with Crippen LogP contribution >= 0.6 is 11.8 Å². The Morgan fingerprint density at radius 3 is 2.24 bits per heavy atom. The predicted molar refractivity (Wildman–Crippen MR) is 125 cm³/mol. The minimum absolute atomic E-state index is 0.141. The van der Waals surface area contributed by atoms with Crippen LogP contribution in [0, 0.1) is 0 Å². The molecule has 2 aromatic carbocycles. The van der Waals surface area contributed by atoms with Crippen molar-refractivity contribution in [2.45, 2.75) is 61.9 Å². The molecule has 0 amide bonds. The zero-order chi connectivity index (χ0) is 24.1. The van der Waals surface area contributed by atoms with Crippen molar-refractivity contribution in [2.24, 2.45) is 5.73 Å². The van der Waals surface area contributed by atoms with Crippen molar-refractivity contribution >= 4 is 11.8 Å². The highest BCUT2D eigenvalue weighted by Crippen LogP contribution is 2.37. The molecule has 3 rings (SSSR count). The molecule has 0 bridgehead atoms. The quantitative estimate of drug-likeness (QED) is 0.358. The van der Waals surface area contributed by atoms with Crippen LogP contribution in [0.4, 0.5) is 13.2 Å². The van der Waals surface area contributed by atoms with Crippen LogP contribution in [0.1, 0.15) is 43.4 Å². The molecule has 8 heteroatoms. The highest BCUT2D eigenvalue weighted by molar-refractivity contribution is 7.98. The minimum Gasteiger partial charge on any atom is -0.493 e. The van der Waals surface area contributed by atoms with Gasteiger partial charge in [-0.3, -0.25) is 0 Å². The topological polar surface area (TPSA) is 53.7 Å². The first-order chi connectivity index (χ1) is 15.5. The Morgan fingerprint density at radius 2 is 1.64 bits per heavy atom. The van der Waals surface area contributed by atoms with Crippen molar-refractivity contribution in [3.63, 3.8) is 0 Å². The smallest absolute Gasteiger partial charge is 0.419 e. The Morgan fingerprint density at radius 1 is 1.00 bits per heavy atom. The van der Waals surface area contributed by atoms with Crippen LogP contribution in [0.2, 0.25) is 0 Å². The molecule has 1 saturated heterocycles. The van der Waals surface area contributed by atoms with Gasteiger partial charge >= 0.3 is 6.18 Å². The summed E-state index contributed by atoms with van der Waals surface area (Å²) in [5.41, 5.74) is 6.54. The van der Waals surface area contributed by atoms with Crippen molar-refractivity contribution in [2.75, 3.05) is 26.1 Å². The molecule has 1 fully saturated rings. The van der Waals surface area contributed by atoms with E-state index in [9.17, 15) is 13.2 Å². The van der Waals surface area contributed by atoms with Gasteiger partial charge in [0.25, 0.3) is 0 Å². The molecule has 2 aromatic rings. The van der Waals surface area contributed by atoms with Crippen molar-refractivity contribution in [3.8, 4) is 5.75 Å². The van der Waals surface area contributed by atoms with Gasteiger partial charge in [-0.25, -0.2) is 0 Å². The molecule has 0 aromatic heterocycles. The van der Waals surface area contributed by atoms with E-state index in [1.54, 1.807) is 17.8 Å². The molecule has 33 heavy (non-hydrogen) atoms. The maximum absolute atomic E-state index is 13.7. The first kappa shape index (κ1) is 25.9. The number of ether oxygens (including phenoxy) is 3. The third-order valence-electron chi connectivity index (χ3n) is 5.70. The molecule has 0 unspecified atom stereocenters. The summed E-state index contributed by atoms with van der Waals surface area (Å²) in [7, 11) is 0. The Kier molecular flexibility index (Phi) is 8.37. The molecule has 0 spiro atoms. The van der Waals surface area contributed by atoms with E-state index >= 15 is 0 Å². The van der Waals surface area contributed by atoms with Gasteiger partial charge in [0.2, 0.25) is 0 Å². The first-order valence-electron chi connectivity index (χ1n) is 11.0. The first-order valence-corrected chi connectivity index (χ1v) is 12.2. The van der Waals surface area contributed by atoms with Gasteiger partial charge in [0, 0.05) is 4.90 Å². The lowest BCUT2D eigenvalue weighted by atomic mass is 9.92. The van der Waals surface area contributed by atoms with E-state index < -0.39 is 23.1 Å². The van der Waals surface area contributed by atoms with Crippen LogP contribution < -0.4 is 10.5 Å². The lowest BCUT2D eigenvalue weighted by Crippen LogP contribution is -2.57. The van der Waals surface area contributed by atoms with Crippen LogP contribution in [0.5, 0.6) is 5.75 Å². The maximum Gasteiger partial charge on any atom is 0.419 e. The van der Waals surface area contributed by atoms with Crippen molar-refractivity contribution in [3.05, 3.63) is 59.2 Å². The number of benzene rings is 2. The summed E-state index contributed by atoms with van der Waals surface area (Å²) in [4.78, 5) is 1.18. The summed E-state index contributed by atoms with van der Waals surface area (Å²) in [6.45, 7) is 4.42. The molecule has 0 atom stereocenters. The van der Waals surface area contributed by atoms with Gasteiger partial charge in [0.05, 0.1) is 30.9 Å². The summed E-state index contributed by atoms with van der Waals surface area (Å²) in [6.07, 6.45) is -0.271. The van der Waals surface area contributed by atoms with Gasteiger partial charge < -0.3 is 19.9 Å². The SMILES string of the molecule is CSc1ccc(CCCOc2ccc(CCC3(N)COC(C)(C)OC3)cc2C(F)(F)F)cc1. The summed E-state index contributed by atoms with van der Waals surface area (Å²) in [5.74, 6) is -0.832. The van der Waals surface area contributed by atoms with Crippen molar-refractivity contribution in [1.29, 1.82) is 0 Å². The molecule has 0 saturated carbocycles. The predicted octanol–water partition coefficient (Wildman–Crippen LogP) is 5.85. The number of hydrogen-bond donors (Lipinski definition) is 1. The third-order valence-corrected chi connectivity index (χ3v) is 6.45. The van der Waals surface area contributed by atoms with E-state index in [1.807, 2.05) is 44.4 Å². The fourth-order valence-corrected chi connectivity index (χ4v) is 3.99. The van der Waals surface area contributed by atoms with Crippen LogP contribution in [-0.2, 0) is 28.5 Å². The lowest BCUT2D eigenvalue weighted by Gasteiger charge is -2.41. The Balaban J connectivity index is 1.57. The second kappa shape index (κ2) is 10.7. The molecule has 1 aliphatic rings. The second-order valence-electron chi connectivity index (χ2n) is 8.97. The number of alkyl halides is 3. The van der Waals surface area contributed by atoms with E-state index in [0.717, 1.165) is 18.1 Å². The third kappa shape index (κ3) is 7.64. The molecule has 1 heterocycles. The Hall–Kier alpha value is -1.74. The fourth-order valence-electron chi connectivity index (χ4n) is 3.59. The zero-order valence-corrected chi connectivity index (χ0v) is 20.2. The zero-order valence-electron chi connectivity index (χ0n) is 19.3. The number of hydrogen-bond acceptors (Lipinski definition) is 5. The van der Waals surface area contributed by atoms with E-state index in [0.29, 0.717) is 38.0 Å². The highest BCUT2D eigenvalue weighted by atomic mass is 32.2. The monoisotopic (exact) mass is 483 g/mol. The molecule has 2 N–H and O–H groups in total. The molecule has 4 nitrogen and oxygen atoms in total. The van der Waals surface area contributed by atoms with E-state index in [-0.39, 0.29) is 12.4 Å². The molecule has 0 radical (unpaired) electrons. The minimum atomic E-state index is -4.50.